The van der Waals surface area contributed by atoms with Crippen LogP contribution in [-0.4, -0.2) is 34.2 Å². The predicted octanol–water partition coefficient (Wildman–Crippen LogP) is 2.22. The topological polar surface area (TPSA) is 147 Å². The molecule has 2 N–H and O–H groups in total. The molecule has 0 bridgehead atoms. The van der Waals surface area contributed by atoms with Crippen LogP contribution in [0.3, 0.4) is 0 Å². The number of hydrogen-bond donors (Lipinski definition) is 2. The Kier molecular flexibility index (Phi) is 9.12. The number of nitrogens with zero attached hydrogens (tertiary/aromatic N) is 4. The van der Waals surface area contributed by atoms with Crippen LogP contribution in [0.15, 0.2) is 10.2 Å². The van der Waals surface area contributed by atoms with Crippen LogP contribution in [0.2, 0.25) is 0 Å². The first-order chi connectivity index (χ1) is 10.3. The van der Waals surface area contributed by atoms with E-state index in [4.69, 9.17) is 20.7 Å². The molecule has 0 amide bonds. The summed E-state index contributed by atoms with van der Waals surface area (Å²) in [5, 5.41) is 42.9. The lowest BCUT2D eigenvalue weighted by Gasteiger charge is -2.09. The third kappa shape index (κ3) is 7.95. The lowest BCUT2D eigenvalue weighted by molar-refractivity contribution is -0.141. The molecule has 0 heterocycles. The molecule has 22 heavy (non-hydrogen) atoms. The van der Waals surface area contributed by atoms with E-state index in [1.165, 1.54) is 0 Å². The van der Waals surface area contributed by atoms with Gasteiger partial charge in [-0.1, -0.05) is 0 Å². The zero-order chi connectivity index (χ0) is 17.1. The van der Waals surface area contributed by atoms with Crippen molar-refractivity contribution in [2.75, 3.05) is 0 Å². The average Bonchev–Trinajstić information content (AvgIpc) is 2.45. The minimum Gasteiger partial charge on any atom is -0.480 e. The number of aliphatic carboxylic acids is 2. The van der Waals surface area contributed by atoms with Crippen molar-refractivity contribution in [1.29, 1.82) is 10.5 Å². The summed E-state index contributed by atoms with van der Waals surface area (Å²) in [6, 6.07) is 2.99. The van der Waals surface area contributed by atoms with Crippen molar-refractivity contribution >= 4 is 11.9 Å². The number of rotatable bonds is 10. The summed E-state index contributed by atoms with van der Waals surface area (Å²) < 4.78 is 0. The molecule has 0 saturated heterocycles. The van der Waals surface area contributed by atoms with Crippen LogP contribution in [0, 0.1) is 34.5 Å². The summed E-state index contributed by atoms with van der Waals surface area (Å²) in [6.07, 6.45) is 1.26. The van der Waals surface area contributed by atoms with Gasteiger partial charge < -0.3 is 10.2 Å². The van der Waals surface area contributed by atoms with E-state index in [9.17, 15) is 9.59 Å². The molecule has 0 radical (unpaired) electrons. The average molecular weight is 308 g/mol. The van der Waals surface area contributed by atoms with E-state index in [1.807, 2.05) is 0 Å². The summed E-state index contributed by atoms with van der Waals surface area (Å²) in [7, 11) is 0. The molecule has 0 spiro atoms. The zero-order valence-corrected chi connectivity index (χ0v) is 12.6. The minimum atomic E-state index is -1.14. The Morgan fingerprint density at radius 3 is 1.41 bits per heavy atom. The predicted molar refractivity (Wildman–Crippen MR) is 75.7 cm³/mol. The molecule has 0 aromatic carbocycles. The highest BCUT2D eigenvalue weighted by molar-refractivity contribution is 5.73. The van der Waals surface area contributed by atoms with Crippen molar-refractivity contribution in [3.05, 3.63) is 0 Å². The molecule has 8 heteroatoms. The summed E-state index contributed by atoms with van der Waals surface area (Å²) in [4.78, 5) is 21.4. The van der Waals surface area contributed by atoms with Gasteiger partial charge in [0, 0.05) is 0 Å². The van der Waals surface area contributed by atoms with Crippen molar-refractivity contribution in [2.45, 2.75) is 51.6 Å². The standard InChI is InChI=1S/C14H20N4O4/c1-9(3-5-11(7-15)13(19)20)17-18-10(2)4-6-12(8-16)14(21)22/h9-12H,3-6H2,1-2H3,(H,19,20)(H,21,22). The van der Waals surface area contributed by atoms with Gasteiger partial charge >= 0.3 is 11.9 Å². The second-order valence-corrected chi connectivity index (χ2v) is 5.12. The zero-order valence-electron chi connectivity index (χ0n) is 12.6. The molecule has 0 aliphatic carbocycles. The van der Waals surface area contributed by atoms with Crippen LogP contribution < -0.4 is 0 Å². The summed E-state index contributed by atoms with van der Waals surface area (Å²) in [6.45, 7) is 3.53. The van der Waals surface area contributed by atoms with Crippen LogP contribution in [0.25, 0.3) is 0 Å². The smallest absolute Gasteiger partial charge is 0.320 e. The first-order valence-electron chi connectivity index (χ1n) is 6.96. The van der Waals surface area contributed by atoms with Gasteiger partial charge in [0.25, 0.3) is 0 Å². The lowest BCUT2D eigenvalue weighted by atomic mass is 10.0. The molecule has 120 valence electrons. The molecule has 0 fully saturated rings. The minimum absolute atomic E-state index is 0.204. The fraction of sp³-hybridized carbons (Fsp3) is 0.714. The van der Waals surface area contributed by atoms with E-state index in [1.54, 1.807) is 26.0 Å². The second kappa shape index (κ2) is 10.3. The quantitative estimate of drug-likeness (QED) is 0.591. The molecule has 8 nitrogen and oxygen atoms in total. The van der Waals surface area contributed by atoms with Gasteiger partial charge in [-0.3, -0.25) is 9.59 Å². The normalized spacial score (nSPS) is 16.2. The van der Waals surface area contributed by atoms with Crippen molar-refractivity contribution in [2.24, 2.45) is 22.1 Å². The van der Waals surface area contributed by atoms with E-state index < -0.39 is 23.8 Å². The van der Waals surface area contributed by atoms with Crippen molar-refractivity contribution in [1.82, 2.24) is 0 Å². The fourth-order valence-electron chi connectivity index (χ4n) is 1.65. The molecule has 4 atom stereocenters. The van der Waals surface area contributed by atoms with Gasteiger partial charge in [0.15, 0.2) is 0 Å². The number of azo groups is 1. The number of carboxylic acids is 2. The molecule has 4 unspecified atom stereocenters. The molecule has 0 rings (SSSR count). The Labute approximate surface area is 129 Å². The van der Waals surface area contributed by atoms with Crippen LogP contribution in [0.1, 0.15) is 39.5 Å². The maximum absolute atomic E-state index is 10.7. The molecule has 0 aliphatic rings. The number of nitriles is 2. The van der Waals surface area contributed by atoms with Crippen LogP contribution in [0.4, 0.5) is 0 Å². The van der Waals surface area contributed by atoms with Crippen LogP contribution >= 0.6 is 0 Å². The van der Waals surface area contributed by atoms with Crippen molar-refractivity contribution in [3.8, 4) is 12.1 Å². The fourth-order valence-corrected chi connectivity index (χ4v) is 1.65. The summed E-state index contributed by atoms with van der Waals surface area (Å²) in [5.41, 5.74) is 0. The van der Waals surface area contributed by atoms with Gasteiger partial charge in [-0.2, -0.15) is 20.8 Å². The van der Waals surface area contributed by atoms with Crippen molar-refractivity contribution < 1.29 is 19.8 Å². The van der Waals surface area contributed by atoms with Gasteiger partial charge in [-0.25, -0.2) is 0 Å². The Balaban J connectivity index is 4.19. The van der Waals surface area contributed by atoms with Gasteiger partial charge in [-0.15, -0.1) is 0 Å². The Morgan fingerprint density at radius 1 is 0.864 bits per heavy atom. The Morgan fingerprint density at radius 2 is 1.18 bits per heavy atom. The Hall–Kier alpha value is -2.48. The monoisotopic (exact) mass is 308 g/mol. The molecular formula is C14H20N4O4. The number of hydrogen-bond acceptors (Lipinski definition) is 6. The Bertz CT molecular complexity index is 448. The number of carboxylic acid groups (broad SMARTS) is 2. The maximum atomic E-state index is 10.7. The highest BCUT2D eigenvalue weighted by Crippen LogP contribution is 2.13. The third-order valence-corrected chi connectivity index (χ3v) is 3.12. The van der Waals surface area contributed by atoms with E-state index in [-0.39, 0.29) is 24.9 Å². The molecule has 0 aromatic rings. The van der Waals surface area contributed by atoms with Gasteiger partial charge in [0.1, 0.15) is 11.8 Å². The molecular weight excluding hydrogens is 288 g/mol. The first kappa shape index (κ1) is 19.5. The van der Waals surface area contributed by atoms with Gasteiger partial charge in [0.05, 0.1) is 24.2 Å². The third-order valence-electron chi connectivity index (χ3n) is 3.12. The van der Waals surface area contributed by atoms with Crippen molar-refractivity contribution in [3.63, 3.8) is 0 Å². The maximum Gasteiger partial charge on any atom is 0.320 e. The molecule has 0 aromatic heterocycles. The van der Waals surface area contributed by atoms with Crippen LogP contribution in [-0.2, 0) is 9.59 Å². The van der Waals surface area contributed by atoms with Gasteiger partial charge in [0.2, 0.25) is 0 Å². The summed E-state index contributed by atoms with van der Waals surface area (Å²) >= 11 is 0. The molecule has 0 saturated carbocycles. The first-order valence-corrected chi connectivity index (χ1v) is 6.96. The highest BCUT2D eigenvalue weighted by atomic mass is 16.4. The largest absolute Gasteiger partial charge is 0.480 e. The second-order valence-electron chi connectivity index (χ2n) is 5.12. The van der Waals surface area contributed by atoms with E-state index in [0.717, 1.165) is 0 Å². The molecule has 0 aliphatic heterocycles. The van der Waals surface area contributed by atoms with E-state index in [2.05, 4.69) is 10.2 Å². The highest BCUT2D eigenvalue weighted by Gasteiger charge is 2.18. The van der Waals surface area contributed by atoms with E-state index in [0.29, 0.717) is 12.8 Å². The SMILES string of the molecule is CC(CCC(C#N)C(=O)O)N=NC(C)CCC(C#N)C(=O)O. The lowest BCUT2D eigenvalue weighted by Crippen LogP contribution is -2.14. The summed E-state index contributed by atoms with van der Waals surface area (Å²) in [5.74, 6) is -4.36. The number of carbonyl (C=O) groups is 2. The van der Waals surface area contributed by atoms with E-state index >= 15 is 0 Å². The van der Waals surface area contributed by atoms with Gasteiger partial charge in [-0.05, 0) is 39.5 Å². The van der Waals surface area contributed by atoms with Crippen LogP contribution in [0.5, 0.6) is 0 Å².